The van der Waals surface area contributed by atoms with Crippen molar-refractivity contribution in [1.82, 2.24) is 9.80 Å². The Morgan fingerprint density at radius 3 is 1.28 bits per heavy atom. The first kappa shape index (κ1) is 15.9. The highest BCUT2D eigenvalue weighted by atomic mass is 16.6. The van der Waals surface area contributed by atoms with E-state index in [9.17, 15) is 0 Å². The van der Waals surface area contributed by atoms with Gasteiger partial charge in [-0.1, -0.05) is 27.7 Å². The van der Waals surface area contributed by atoms with Crippen LogP contribution in [0.3, 0.4) is 0 Å². The molecule has 0 saturated carbocycles. The minimum atomic E-state index is 0.248. The lowest BCUT2D eigenvalue weighted by atomic mass is 10.2. The molecule has 4 heteroatoms. The van der Waals surface area contributed by atoms with Crippen LogP contribution < -0.4 is 0 Å². The van der Waals surface area contributed by atoms with Crippen molar-refractivity contribution in [3.8, 4) is 0 Å². The van der Waals surface area contributed by atoms with E-state index in [1.54, 1.807) is 0 Å². The van der Waals surface area contributed by atoms with E-state index in [-0.39, 0.29) is 12.2 Å². The average molecular weight is 258 g/mol. The Kier molecular flexibility index (Phi) is 7.82. The Morgan fingerprint density at radius 1 is 0.722 bits per heavy atom. The lowest BCUT2D eigenvalue weighted by Gasteiger charge is -2.34. The summed E-state index contributed by atoms with van der Waals surface area (Å²) in [6.45, 7) is 16.6. The molecule has 0 aromatic heterocycles. The van der Waals surface area contributed by atoms with Crippen LogP contribution in [-0.2, 0) is 9.47 Å². The molecule has 0 radical (unpaired) electrons. The number of hydrogen-bond acceptors (Lipinski definition) is 4. The molecule has 1 heterocycles. The van der Waals surface area contributed by atoms with Crippen LogP contribution >= 0.6 is 0 Å². The van der Waals surface area contributed by atoms with Gasteiger partial charge in [-0.05, 0) is 26.2 Å². The van der Waals surface area contributed by atoms with Crippen molar-refractivity contribution in [3.05, 3.63) is 0 Å². The van der Waals surface area contributed by atoms with E-state index in [2.05, 4.69) is 37.5 Å². The molecule has 1 fully saturated rings. The van der Waals surface area contributed by atoms with Gasteiger partial charge in [-0.3, -0.25) is 0 Å². The quantitative estimate of drug-likeness (QED) is 0.658. The zero-order valence-corrected chi connectivity index (χ0v) is 12.5. The Morgan fingerprint density at radius 2 is 1.06 bits per heavy atom. The first-order valence-electron chi connectivity index (χ1n) is 7.41. The Balaban J connectivity index is 2.23. The fourth-order valence-electron chi connectivity index (χ4n) is 2.33. The van der Waals surface area contributed by atoms with Gasteiger partial charge in [0.05, 0.1) is 25.4 Å². The minimum absolute atomic E-state index is 0.248. The van der Waals surface area contributed by atoms with E-state index in [4.69, 9.17) is 9.47 Å². The molecule has 0 spiro atoms. The third kappa shape index (κ3) is 5.22. The normalized spacial score (nSPS) is 25.0. The van der Waals surface area contributed by atoms with E-state index >= 15 is 0 Å². The molecule has 0 aromatic carbocycles. The lowest BCUT2D eigenvalue weighted by molar-refractivity contribution is -0.144. The Hall–Kier alpha value is -0.160. The van der Waals surface area contributed by atoms with E-state index in [0.29, 0.717) is 0 Å². The van der Waals surface area contributed by atoms with Gasteiger partial charge in [0.15, 0.2) is 0 Å². The van der Waals surface area contributed by atoms with Crippen molar-refractivity contribution < 1.29 is 9.47 Å². The van der Waals surface area contributed by atoms with Gasteiger partial charge in [-0.25, -0.2) is 0 Å². The SMILES string of the molecule is CCN(CC)C[C@H]1CO[C@@H](CN(CC)CC)CO1. The van der Waals surface area contributed by atoms with Crippen LogP contribution in [0.2, 0.25) is 0 Å². The van der Waals surface area contributed by atoms with E-state index in [1.807, 2.05) is 0 Å². The Labute approximate surface area is 112 Å². The molecule has 1 rings (SSSR count). The topological polar surface area (TPSA) is 24.9 Å². The molecule has 2 atom stereocenters. The van der Waals surface area contributed by atoms with Crippen LogP contribution in [0.5, 0.6) is 0 Å². The predicted octanol–water partition coefficient (Wildman–Crippen LogP) is 1.45. The molecule has 0 aromatic rings. The summed E-state index contributed by atoms with van der Waals surface area (Å²) in [6.07, 6.45) is 0.496. The summed E-state index contributed by atoms with van der Waals surface area (Å²) >= 11 is 0. The van der Waals surface area contributed by atoms with Crippen molar-refractivity contribution in [1.29, 1.82) is 0 Å². The molecular weight excluding hydrogens is 228 g/mol. The second kappa shape index (κ2) is 8.86. The van der Waals surface area contributed by atoms with Gasteiger partial charge in [0.1, 0.15) is 0 Å². The first-order valence-corrected chi connectivity index (χ1v) is 7.41. The predicted molar refractivity (Wildman–Crippen MR) is 75.1 cm³/mol. The second-order valence-electron chi connectivity index (χ2n) is 4.88. The standard InChI is InChI=1S/C14H30N2O2/c1-5-15(6-2)9-13-11-18-14(12-17-13)10-16(7-3)8-4/h13-14H,5-12H2,1-4H3/t13-,14-/m0/s1. The van der Waals surface area contributed by atoms with E-state index < -0.39 is 0 Å². The molecule has 1 saturated heterocycles. The smallest absolute Gasteiger partial charge is 0.0936 e. The Bertz CT molecular complexity index is 176. The zero-order chi connectivity index (χ0) is 13.4. The number of ether oxygens (including phenoxy) is 2. The van der Waals surface area contributed by atoms with E-state index in [1.165, 1.54) is 0 Å². The summed E-state index contributed by atoms with van der Waals surface area (Å²) in [6, 6.07) is 0. The minimum Gasteiger partial charge on any atom is -0.372 e. The fraction of sp³-hybridized carbons (Fsp3) is 1.00. The van der Waals surface area contributed by atoms with Crippen molar-refractivity contribution in [2.45, 2.75) is 39.9 Å². The molecule has 1 aliphatic rings. The maximum absolute atomic E-state index is 5.92. The molecule has 0 amide bonds. The van der Waals surface area contributed by atoms with Crippen molar-refractivity contribution in [3.63, 3.8) is 0 Å². The van der Waals surface area contributed by atoms with Crippen molar-refractivity contribution >= 4 is 0 Å². The molecular formula is C14H30N2O2. The number of likely N-dealkylation sites (N-methyl/N-ethyl adjacent to an activating group) is 2. The molecule has 0 N–H and O–H groups in total. The van der Waals surface area contributed by atoms with Gasteiger partial charge < -0.3 is 19.3 Å². The molecule has 18 heavy (non-hydrogen) atoms. The van der Waals surface area contributed by atoms with Crippen LogP contribution in [0.4, 0.5) is 0 Å². The summed E-state index contributed by atoms with van der Waals surface area (Å²) in [7, 11) is 0. The molecule has 1 aliphatic heterocycles. The van der Waals surface area contributed by atoms with Crippen LogP contribution in [0, 0.1) is 0 Å². The van der Waals surface area contributed by atoms with Crippen LogP contribution in [0.15, 0.2) is 0 Å². The maximum atomic E-state index is 5.92. The average Bonchev–Trinajstić information content (AvgIpc) is 2.43. The second-order valence-corrected chi connectivity index (χ2v) is 4.88. The zero-order valence-electron chi connectivity index (χ0n) is 12.5. The van der Waals surface area contributed by atoms with E-state index in [0.717, 1.165) is 52.5 Å². The lowest BCUT2D eigenvalue weighted by Crippen LogP contribution is -2.46. The summed E-state index contributed by atoms with van der Waals surface area (Å²) in [5.74, 6) is 0. The highest BCUT2D eigenvalue weighted by molar-refractivity contribution is 4.73. The van der Waals surface area contributed by atoms with Gasteiger partial charge in [0.2, 0.25) is 0 Å². The van der Waals surface area contributed by atoms with Gasteiger partial charge in [0, 0.05) is 13.1 Å². The molecule has 0 aliphatic carbocycles. The van der Waals surface area contributed by atoms with Gasteiger partial charge in [0.25, 0.3) is 0 Å². The summed E-state index contributed by atoms with van der Waals surface area (Å²) in [5, 5.41) is 0. The highest BCUT2D eigenvalue weighted by Gasteiger charge is 2.24. The van der Waals surface area contributed by atoms with Crippen molar-refractivity contribution in [2.24, 2.45) is 0 Å². The molecule has 0 unspecified atom stereocenters. The van der Waals surface area contributed by atoms with Crippen LogP contribution in [0.1, 0.15) is 27.7 Å². The fourth-order valence-corrected chi connectivity index (χ4v) is 2.33. The molecule has 4 nitrogen and oxygen atoms in total. The number of rotatable bonds is 8. The highest BCUT2D eigenvalue weighted by Crippen LogP contribution is 2.10. The summed E-state index contributed by atoms with van der Waals surface area (Å²) in [5.41, 5.74) is 0. The largest absolute Gasteiger partial charge is 0.372 e. The first-order chi connectivity index (χ1) is 8.73. The van der Waals surface area contributed by atoms with Gasteiger partial charge in [-0.2, -0.15) is 0 Å². The molecule has 0 bridgehead atoms. The summed E-state index contributed by atoms with van der Waals surface area (Å²) < 4.78 is 11.8. The van der Waals surface area contributed by atoms with Crippen LogP contribution in [-0.4, -0.2) is 74.5 Å². The third-order valence-electron chi connectivity index (χ3n) is 3.75. The number of hydrogen-bond donors (Lipinski definition) is 0. The van der Waals surface area contributed by atoms with Gasteiger partial charge >= 0.3 is 0 Å². The van der Waals surface area contributed by atoms with Crippen molar-refractivity contribution in [2.75, 3.05) is 52.5 Å². The monoisotopic (exact) mass is 258 g/mol. The number of nitrogens with zero attached hydrogens (tertiary/aromatic N) is 2. The molecule has 108 valence electrons. The third-order valence-corrected chi connectivity index (χ3v) is 3.75. The maximum Gasteiger partial charge on any atom is 0.0936 e. The summed E-state index contributed by atoms with van der Waals surface area (Å²) in [4.78, 5) is 4.78. The van der Waals surface area contributed by atoms with Crippen LogP contribution in [0.25, 0.3) is 0 Å². The van der Waals surface area contributed by atoms with Gasteiger partial charge in [-0.15, -0.1) is 0 Å².